The molecule has 20 heavy (non-hydrogen) atoms. The van der Waals surface area contributed by atoms with Crippen molar-refractivity contribution < 1.29 is 39.3 Å². The van der Waals surface area contributed by atoms with Crippen molar-refractivity contribution in [2.75, 3.05) is 0 Å². The van der Waals surface area contributed by atoms with Crippen molar-refractivity contribution in [3.8, 4) is 0 Å². The minimum atomic E-state index is -1.59. The summed E-state index contributed by atoms with van der Waals surface area (Å²) in [6.07, 6.45) is -0.655. The van der Waals surface area contributed by atoms with Gasteiger partial charge in [-0.2, -0.15) is 0 Å². The Hall–Kier alpha value is -2.45. The van der Waals surface area contributed by atoms with Gasteiger partial charge in [0, 0.05) is 19.3 Å². The van der Waals surface area contributed by atoms with E-state index < -0.39 is 42.2 Å². The molecule has 0 spiro atoms. The van der Waals surface area contributed by atoms with E-state index in [1.54, 1.807) is 6.92 Å². The summed E-state index contributed by atoms with van der Waals surface area (Å²) in [6, 6.07) is -1.59. The summed E-state index contributed by atoms with van der Waals surface area (Å²) >= 11 is 0. The summed E-state index contributed by atoms with van der Waals surface area (Å²) in [5.41, 5.74) is 0. The van der Waals surface area contributed by atoms with Gasteiger partial charge in [-0.15, -0.1) is 0 Å². The molecule has 0 aromatic rings. The van der Waals surface area contributed by atoms with Crippen LogP contribution in [0.15, 0.2) is 0 Å². The number of imide groups is 1. The van der Waals surface area contributed by atoms with E-state index in [9.17, 15) is 24.0 Å². The van der Waals surface area contributed by atoms with Crippen LogP contribution in [0.3, 0.4) is 0 Å². The summed E-state index contributed by atoms with van der Waals surface area (Å²) in [5.74, 6) is -4.86. The maximum atomic E-state index is 11.2. The van der Waals surface area contributed by atoms with Gasteiger partial charge in [0.05, 0.1) is 6.42 Å². The normalized spacial score (nSPS) is 15.3. The molecule has 1 atom stereocenters. The number of rotatable bonds is 5. The van der Waals surface area contributed by atoms with Crippen molar-refractivity contribution >= 4 is 29.7 Å². The van der Waals surface area contributed by atoms with Crippen molar-refractivity contribution in [3.05, 3.63) is 0 Å². The zero-order valence-electron chi connectivity index (χ0n) is 10.7. The van der Waals surface area contributed by atoms with E-state index >= 15 is 0 Å². The molecule has 0 radical (unpaired) electrons. The molecule has 1 heterocycles. The maximum absolute atomic E-state index is 11.2. The number of hydrogen-bond acceptors (Lipinski definition) is 5. The molecule has 1 saturated heterocycles. The summed E-state index contributed by atoms with van der Waals surface area (Å²) in [4.78, 5) is 53.3. The number of carboxylic acid groups (broad SMARTS) is 3. The van der Waals surface area contributed by atoms with Crippen molar-refractivity contribution in [1.82, 2.24) is 4.90 Å². The minimum Gasteiger partial charge on any atom is -0.481 e. The SMILES string of the molecule is CCC(=O)O.O=C(O)CC(C(=O)O)N1C(=O)CCC1=O. The van der Waals surface area contributed by atoms with Gasteiger partial charge in [-0.1, -0.05) is 6.92 Å². The number of carbonyl (C=O) groups is 5. The molecule has 0 aromatic heterocycles. The van der Waals surface area contributed by atoms with E-state index in [2.05, 4.69) is 0 Å². The molecule has 1 rings (SSSR count). The van der Waals surface area contributed by atoms with Crippen LogP contribution in [-0.2, 0) is 24.0 Å². The minimum absolute atomic E-state index is 0.0533. The van der Waals surface area contributed by atoms with Gasteiger partial charge in [0.25, 0.3) is 0 Å². The van der Waals surface area contributed by atoms with Crippen LogP contribution in [0.25, 0.3) is 0 Å². The third-order valence-corrected chi connectivity index (χ3v) is 2.36. The molecule has 1 fully saturated rings. The van der Waals surface area contributed by atoms with Gasteiger partial charge in [0.15, 0.2) is 0 Å². The molecule has 0 saturated carbocycles. The Labute approximate surface area is 113 Å². The highest BCUT2D eigenvalue weighted by atomic mass is 16.4. The summed E-state index contributed by atoms with van der Waals surface area (Å²) < 4.78 is 0. The molecule has 1 aliphatic rings. The Bertz CT molecular complexity index is 414. The number of hydrogen-bond donors (Lipinski definition) is 3. The number of likely N-dealkylation sites (tertiary alicyclic amines) is 1. The average molecular weight is 289 g/mol. The monoisotopic (exact) mass is 289 g/mol. The van der Waals surface area contributed by atoms with Crippen LogP contribution < -0.4 is 0 Å². The molecular formula is C11H15NO8. The van der Waals surface area contributed by atoms with Gasteiger partial charge in [0.1, 0.15) is 6.04 Å². The zero-order chi connectivity index (χ0) is 15.9. The first-order valence-corrected chi connectivity index (χ1v) is 5.72. The lowest BCUT2D eigenvalue weighted by atomic mass is 10.2. The maximum Gasteiger partial charge on any atom is 0.327 e. The molecular weight excluding hydrogens is 274 g/mol. The molecule has 9 heteroatoms. The van der Waals surface area contributed by atoms with Crippen LogP contribution in [-0.4, -0.2) is 56.0 Å². The second kappa shape index (κ2) is 7.87. The quantitative estimate of drug-likeness (QED) is 0.575. The van der Waals surface area contributed by atoms with Crippen molar-refractivity contribution in [1.29, 1.82) is 0 Å². The van der Waals surface area contributed by atoms with Gasteiger partial charge in [-0.05, 0) is 0 Å². The third kappa shape index (κ3) is 5.46. The molecule has 0 aromatic carbocycles. The Balaban J connectivity index is 0.000000621. The fourth-order valence-electron chi connectivity index (χ4n) is 1.40. The van der Waals surface area contributed by atoms with Crippen molar-refractivity contribution in [2.45, 2.75) is 38.6 Å². The molecule has 1 unspecified atom stereocenters. The molecule has 9 nitrogen and oxygen atoms in total. The Morgan fingerprint density at radius 2 is 1.45 bits per heavy atom. The topological polar surface area (TPSA) is 149 Å². The first kappa shape index (κ1) is 17.6. The lowest BCUT2D eigenvalue weighted by Crippen LogP contribution is -2.45. The van der Waals surface area contributed by atoms with Gasteiger partial charge in [0.2, 0.25) is 11.8 Å². The van der Waals surface area contributed by atoms with Gasteiger partial charge < -0.3 is 15.3 Å². The molecule has 2 amide bonds. The number of amides is 2. The first-order chi connectivity index (χ1) is 9.20. The van der Waals surface area contributed by atoms with Crippen molar-refractivity contribution in [3.63, 3.8) is 0 Å². The largest absolute Gasteiger partial charge is 0.481 e. The lowest BCUT2D eigenvalue weighted by Gasteiger charge is -2.20. The second-order valence-electron chi connectivity index (χ2n) is 3.86. The lowest BCUT2D eigenvalue weighted by molar-refractivity contribution is -0.157. The predicted octanol–water partition coefficient (Wildman–Crippen LogP) is -0.456. The van der Waals surface area contributed by atoms with Crippen LogP contribution in [0.1, 0.15) is 32.6 Å². The molecule has 0 bridgehead atoms. The van der Waals surface area contributed by atoms with Crippen molar-refractivity contribution in [2.24, 2.45) is 0 Å². The predicted molar refractivity (Wildman–Crippen MR) is 62.7 cm³/mol. The third-order valence-electron chi connectivity index (χ3n) is 2.36. The van der Waals surface area contributed by atoms with E-state index in [4.69, 9.17) is 15.3 Å². The smallest absolute Gasteiger partial charge is 0.327 e. The fourth-order valence-corrected chi connectivity index (χ4v) is 1.40. The Morgan fingerprint density at radius 1 is 1.05 bits per heavy atom. The Kier molecular flexibility index (Phi) is 6.91. The number of aliphatic carboxylic acids is 3. The van der Waals surface area contributed by atoms with E-state index in [0.29, 0.717) is 4.90 Å². The molecule has 3 N–H and O–H groups in total. The second-order valence-corrected chi connectivity index (χ2v) is 3.86. The van der Waals surface area contributed by atoms with Crippen LogP contribution in [0.2, 0.25) is 0 Å². The number of carboxylic acids is 3. The average Bonchev–Trinajstić information content (AvgIpc) is 2.66. The Morgan fingerprint density at radius 3 is 1.70 bits per heavy atom. The highest BCUT2D eigenvalue weighted by Gasteiger charge is 2.39. The van der Waals surface area contributed by atoms with E-state index in [1.807, 2.05) is 0 Å². The van der Waals surface area contributed by atoms with Crippen LogP contribution >= 0.6 is 0 Å². The van der Waals surface area contributed by atoms with Gasteiger partial charge in [-0.25, -0.2) is 4.79 Å². The summed E-state index contributed by atoms with van der Waals surface area (Å²) in [5, 5.41) is 24.9. The number of carbonyl (C=O) groups excluding carboxylic acids is 2. The van der Waals surface area contributed by atoms with E-state index in [-0.39, 0.29) is 19.3 Å². The van der Waals surface area contributed by atoms with Gasteiger partial charge in [-0.3, -0.25) is 24.1 Å². The summed E-state index contributed by atoms with van der Waals surface area (Å²) in [6.45, 7) is 1.60. The van der Waals surface area contributed by atoms with E-state index in [0.717, 1.165) is 0 Å². The fraction of sp³-hybridized carbons (Fsp3) is 0.545. The number of nitrogens with zero attached hydrogens (tertiary/aromatic N) is 1. The molecule has 0 aliphatic carbocycles. The first-order valence-electron chi connectivity index (χ1n) is 5.72. The standard InChI is InChI=1S/C8H9NO6.C3H6O2/c10-5-1-2-6(11)9(5)4(8(14)15)3-7(12)13;1-2-3(4)5/h4H,1-3H2,(H,12,13)(H,14,15);2H2,1H3,(H,4,5). The highest BCUT2D eigenvalue weighted by Crippen LogP contribution is 2.17. The van der Waals surface area contributed by atoms with Gasteiger partial charge >= 0.3 is 17.9 Å². The van der Waals surface area contributed by atoms with Crippen LogP contribution in [0.4, 0.5) is 0 Å². The zero-order valence-corrected chi connectivity index (χ0v) is 10.7. The molecule has 112 valence electrons. The van der Waals surface area contributed by atoms with Crippen LogP contribution in [0.5, 0.6) is 0 Å². The summed E-state index contributed by atoms with van der Waals surface area (Å²) in [7, 11) is 0. The van der Waals surface area contributed by atoms with Crippen LogP contribution in [0, 0.1) is 0 Å². The van der Waals surface area contributed by atoms with E-state index in [1.165, 1.54) is 0 Å². The molecule has 1 aliphatic heterocycles. The highest BCUT2D eigenvalue weighted by molar-refractivity contribution is 6.05.